The molecule has 0 bridgehead atoms. The number of nitrogens with two attached hydrogens (primary N) is 2. The van der Waals surface area contributed by atoms with Crippen molar-refractivity contribution in [2.24, 2.45) is 11.5 Å². The minimum absolute atomic E-state index is 0.0160. The molecule has 4 saturated carbocycles. The van der Waals surface area contributed by atoms with Crippen LogP contribution in [0, 0.1) is 0 Å². The van der Waals surface area contributed by atoms with Gasteiger partial charge in [-0.2, -0.15) is 4.52 Å². The summed E-state index contributed by atoms with van der Waals surface area (Å²) in [4.78, 5) is 105. The summed E-state index contributed by atoms with van der Waals surface area (Å²) in [6, 6.07) is 60.9. The van der Waals surface area contributed by atoms with Crippen LogP contribution in [0.2, 0.25) is 20.1 Å². The zero-order chi connectivity index (χ0) is 100. The zero-order valence-electron chi connectivity index (χ0n) is 81.2. The first-order valence-electron chi connectivity index (χ1n) is 44.3. The second kappa shape index (κ2) is 61.7. The van der Waals surface area contributed by atoms with Gasteiger partial charge in [0.2, 0.25) is 0 Å². The van der Waals surface area contributed by atoms with E-state index in [4.69, 9.17) is 96.3 Å². The molecule has 8 N–H and O–H groups in total. The van der Waals surface area contributed by atoms with Crippen molar-refractivity contribution in [2.45, 2.75) is 304 Å². The van der Waals surface area contributed by atoms with Gasteiger partial charge in [0, 0.05) is 83.2 Å². The number of nitrogens with one attached hydrogen (secondary N) is 2. The number of Topliss-reactive ketones (excluding diaryl/α,β-unsaturated/α-hetero) is 4. The standard InChI is InChI=1S/2C17H22ClNO3.C14H24NOP.C14H14O.2C12H14ClNO.C10H18O5.C2H6.CH3O3P.2CH4O/c2*1-16(2,3)22-15(21)19-17(11-7-6-10-14(17)20)12-8-4-5-9-13(12)18;1-12(2)15(13(3)4)17(5)16-11-14-9-7-6-8-10-14;1-3-7-13(8-4-1)11-15-12-14-9-5-2-6-10-14;2*13-10-6-2-1-5-9(10)12(14)8-4-3-7-11(12)15;1-9(2,3)14-7(11)13-8(12)15-10(4,5)6;1-2;1-4-5(2)3;2*1-2/h2*4-5,8-9H,6-7,10-11H2,1-3H3,(H,19,21);6-10,12-13H,11H2,1-5H3;1-10H,11-12H2;2*1-2,5-6H,3-4,7-8,14H2;1-6H3;1-2H3;1H3;2*2H,1H3. The topological polar surface area (TPSA) is 370 Å². The zero-order valence-corrected chi connectivity index (χ0v) is 86.1. The predicted molar refractivity (Wildman–Crippen MR) is 527 cm³/mol. The van der Waals surface area contributed by atoms with Crippen LogP contribution >= 0.6 is 63.0 Å². The lowest BCUT2D eigenvalue weighted by molar-refractivity contribution is -0.183. The van der Waals surface area contributed by atoms with Gasteiger partial charge in [-0.1, -0.05) is 237 Å². The average molecular weight is 1950 g/mol. The number of amides is 2. The third kappa shape index (κ3) is 45.0. The molecule has 732 valence electrons. The first-order valence-corrected chi connectivity index (χ1v) is 48.6. The number of aliphatic hydroxyl groups is 2. The summed E-state index contributed by atoms with van der Waals surface area (Å²) in [6.07, 6.45) is 8.44. The summed E-state index contributed by atoms with van der Waals surface area (Å²) in [6.45, 7) is 37.9. The van der Waals surface area contributed by atoms with E-state index in [0.717, 1.165) is 83.8 Å². The Labute approximate surface area is 806 Å². The minimum Gasteiger partial charge on any atom is -0.566 e. The molecular formula is C101H145Cl4N5O20P2. The SMILES string of the molecule is CC.CC(C)(C)OC(=O)NC1(c2ccccc2Cl)CCCCC1=O.CC(C)(C)OC(=O)NC1(c2ccccc2Cl)CCCCC1=O.CC(C)(C)OC(=O)OC(=O)OC(C)(C)C.CC(C)N(C(C)C)P(C)OCc1ccccc1.CO.CO.CO[P+](=O)[O-].NC1(c2ccccc2Cl)CCCCC1=O.NC1(c2ccccc2Cl)CCCCC1=O.c1ccc(COCc2ccccc2)cc1. The van der Waals surface area contributed by atoms with Crippen LogP contribution in [0.15, 0.2) is 188 Å². The highest BCUT2D eigenvalue weighted by Gasteiger charge is 2.47. The molecule has 25 nitrogen and oxygen atoms in total. The predicted octanol–water partition coefficient (Wildman–Crippen LogP) is 24.1. The van der Waals surface area contributed by atoms with E-state index in [1.165, 1.54) is 16.7 Å². The first kappa shape index (κ1) is 122. The van der Waals surface area contributed by atoms with Crippen LogP contribution in [0.1, 0.15) is 266 Å². The number of hydrogen-bond donors (Lipinski definition) is 6. The van der Waals surface area contributed by atoms with Crippen LogP contribution in [0.5, 0.6) is 0 Å². The number of hydrogen-bond acceptors (Lipinski definition) is 23. The van der Waals surface area contributed by atoms with Crippen molar-refractivity contribution in [2.75, 3.05) is 28.0 Å². The lowest BCUT2D eigenvalue weighted by atomic mass is 9.75. The van der Waals surface area contributed by atoms with E-state index in [-0.39, 0.29) is 23.1 Å². The molecule has 6 unspecified atom stereocenters. The van der Waals surface area contributed by atoms with Crippen molar-refractivity contribution in [3.63, 3.8) is 0 Å². The number of carbonyl (C=O) groups is 8. The van der Waals surface area contributed by atoms with Crippen LogP contribution in [-0.2, 0) is 103 Å². The summed E-state index contributed by atoms with van der Waals surface area (Å²) >= 11 is 24.7. The van der Waals surface area contributed by atoms with E-state index < -0.39 is 85.6 Å². The Morgan fingerprint density at radius 3 is 0.924 bits per heavy atom. The van der Waals surface area contributed by atoms with Crippen LogP contribution < -0.4 is 27.0 Å². The van der Waals surface area contributed by atoms with Crippen LogP contribution in [0.25, 0.3) is 0 Å². The molecule has 7 aromatic carbocycles. The monoisotopic (exact) mass is 1950 g/mol. The number of rotatable bonds is 17. The molecule has 31 heteroatoms. The molecule has 4 aliphatic rings. The lowest BCUT2D eigenvalue weighted by Gasteiger charge is -2.37. The van der Waals surface area contributed by atoms with E-state index in [1.54, 1.807) is 132 Å². The van der Waals surface area contributed by atoms with Gasteiger partial charge < -0.3 is 70.2 Å². The molecule has 0 radical (unpaired) electrons. The molecule has 4 aliphatic carbocycles. The lowest BCUT2D eigenvalue weighted by Crippen LogP contribution is -2.54. The third-order valence-electron chi connectivity index (χ3n) is 19.6. The maximum atomic E-state index is 12.6. The van der Waals surface area contributed by atoms with Gasteiger partial charge >= 0.3 is 32.8 Å². The van der Waals surface area contributed by atoms with E-state index in [9.17, 15) is 47.8 Å². The van der Waals surface area contributed by atoms with Crippen molar-refractivity contribution < 1.29 is 95.5 Å². The molecule has 6 atom stereocenters. The van der Waals surface area contributed by atoms with E-state index in [0.29, 0.717) is 114 Å². The van der Waals surface area contributed by atoms with Gasteiger partial charge in [0.05, 0.1) is 26.9 Å². The fourth-order valence-corrected chi connectivity index (χ4v) is 17.0. The van der Waals surface area contributed by atoms with Crippen LogP contribution in [0.3, 0.4) is 0 Å². The molecule has 7 aromatic rings. The minimum atomic E-state index is -2.60. The summed E-state index contributed by atoms with van der Waals surface area (Å²) < 4.78 is 51.4. The van der Waals surface area contributed by atoms with E-state index in [1.807, 2.05) is 105 Å². The second-order valence-electron chi connectivity index (χ2n) is 35.1. The number of nitrogens with zero attached hydrogens (tertiary/aromatic N) is 1. The maximum absolute atomic E-state index is 12.6. The molecule has 0 heterocycles. The number of benzene rings is 7. The van der Waals surface area contributed by atoms with Gasteiger partial charge in [0.1, 0.15) is 52.9 Å². The van der Waals surface area contributed by atoms with Crippen molar-refractivity contribution in [3.8, 4) is 0 Å². The van der Waals surface area contributed by atoms with Crippen molar-refractivity contribution >= 4 is 111 Å². The molecule has 2 amide bonds. The van der Waals surface area contributed by atoms with Gasteiger partial charge in [-0.05, 0) is 238 Å². The van der Waals surface area contributed by atoms with Crippen molar-refractivity contribution in [3.05, 3.63) is 247 Å². The average Bonchev–Trinajstić information content (AvgIpc) is 0.771. The molecule has 0 saturated heterocycles. The number of ether oxygens (including phenoxy) is 6. The summed E-state index contributed by atoms with van der Waals surface area (Å²) in [7, 11) is -0.00861. The Morgan fingerprint density at radius 1 is 0.424 bits per heavy atom. The maximum Gasteiger partial charge on any atom is 0.519 e. The summed E-state index contributed by atoms with van der Waals surface area (Å²) in [5.74, 6) is 0.194. The number of alkyl carbamates (subject to hydrolysis) is 2. The Balaban J connectivity index is 0.000000759. The molecule has 0 aromatic heterocycles. The quantitative estimate of drug-likeness (QED) is 0.0213. The fourth-order valence-electron chi connectivity index (χ4n) is 14.0. The Bertz CT molecular complexity index is 4340. The van der Waals surface area contributed by atoms with Gasteiger partial charge in [-0.15, -0.1) is 0 Å². The van der Waals surface area contributed by atoms with Crippen LogP contribution in [-0.4, -0.2) is 125 Å². The summed E-state index contributed by atoms with van der Waals surface area (Å²) in [5, 5.41) is 21.7. The molecule has 11 rings (SSSR count). The Hall–Kier alpha value is -8.17. The number of halogens is 4. The number of ketones is 4. The smallest absolute Gasteiger partial charge is 0.519 e. The fraction of sp³-hybridized carbons (Fsp3) is 0.505. The van der Waals surface area contributed by atoms with Crippen molar-refractivity contribution in [1.82, 2.24) is 15.3 Å². The Morgan fingerprint density at radius 2 is 0.674 bits per heavy atom. The van der Waals surface area contributed by atoms with Gasteiger partial charge in [-0.25, -0.2) is 19.2 Å². The highest BCUT2D eigenvalue weighted by atomic mass is 35.5. The normalized spacial score (nSPS) is 18.3. The third-order valence-corrected chi connectivity index (χ3v) is 23.3. The van der Waals surface area contributed by atoms with Gasteiger partial charge in [0.25, 0.3) is 0 Å². The first-order chi connectivity index (χ1) is 62.0. The largest absolute Gasteiger partial charge is 0.566 e. The molecule has 4 fully saturated rings. The molecular weight excluding hydrogens is 1810 g/mol. The Kier molecular flexibility index (Phi) is 57.0. The molecule has 132 heavy (non-hydrogen) atoms. The highest BCUT2D eigenvalue weighted by molar-refractivity contribution is 7.49. The van der Waals surface area contributed by atoms with Crippen molar-refractivity contribution in [1.29, 1.82) is 0 Å². The van der Waals surface area contributed by atoms with E-state index >= 15 is 0 Å². The molecule has 0 aliphatic heterocycles. The number of aliphatic hydroxyl groups excluding tert-OH is 2. The van der Waals surface area contributed by atoms with Crippen LogP contribution in [0.4, 0.5) is 19.2 Å². The molecule has 0 spiro atoms. The number of carbonyl (C=O) groups excluding carboxylic acids is 8. The van der Waals surface area contributed by atoms with Gasteiger partial charge in [-0.3, -0.25) is 23.8 Å². The second-order valence-corrected chi connectivity index (χ2v) is 39.2. The summed E-state index contributed by atoms with van der Waals surface area (Å²) in [5.41, 5.74) is 12.4. The van der Waals surface area contributed by atoms with Gasteiger partial charge in [0.15, 0.2) is 23.1 Å². The van der Waals surface area contributed by atoms with E-state index in [2.05, 4.69) is 107 Å². The highest BCUT2D eigenvalue weighted by Crippen LogP contribution is 2.44.